The van der Waals surface area contributed by atoms with Crippen LogP contribution in [0.1, 0.15) is 24.5 Å². The van der Waals surface area contributed by atoms with E-state index in [9.17, 15) is 9.59 Å². The highest BCUT2D eigenvalue weighted by Crippen LogP contribution is 2.16. The van der Waals surface area contributed by atoms with E-state index in [1.54, 1.807) is 19.2 Å². The average Bonchev–Trinajstić information content (AvgIpc) is 2.54. The Morgan fingerprint density at radius 2 is 1.35 bits per heavy atom. The highest BCUT2D eigenvalue weighted by Gasteiger charge is 2.07. The fourth-order valence-electron chi connectivity index (χ4n) is 1.93. The van der Waals surface area contributed by atoms with Gasteiger partial charge in [-0.1, -0.05) is 36.4 Å². The minimum Gasteiger partial charge on any atom is -0.497 e. The lowest BCUT2D eigenvalue weighted by atomic mass is 10.1. The molecule has 0 aliphatic carbocycles. The van der Waals surface area contributed by atoms with Gasteiger partial charge < -0.3 is 9.47 Å². The number of carbonyl (C=O) groups is 2. The SMILES string of the molecule is COc1ccc(C=Cc2ccc(OC(=O)CC(C)=O)cc2)cc1. The Morgan fingerprint density at radius 3 is 1.78 bits per heavy atom. The van der Waals surface area contributed by atoms with E-state index in [2.05, 4.69) is 0 Å². The first kappa shape index (κ1) is 16.5. The molecule has 0 saturated carbocycles. The van der Waals surface area contributed by atoms with E-state index in [0.717, 1.165) is 16.9 Å². The van der Waals surface area contributed by atoms with Crippen molar-refractivity contribution in [2.75, 3.05) is 7.11 Å². The van der Waals surface area contributed by atoms with E-state index in [4.69, 9.17) is 9.47 Å². The summed E-state index contributed by atoms with van der Waals surface area (Å²) >= 11 is 0. The zero-order chi connectivity index (χ0) is 16.7. The van der Waals surface area contributed by atoms with Gasteiger partial charge >= 0.3 is 5.97 Å². The molecule has 4 heteroatoms. The normalized spacial score (nSPS) is 10.5. The summed E-state index contributed by atoms with van der Waals surface area (Å²) in [5.74, 6) is 0.491. The average molecular weight is 310 g/mol. The molecule has 2 rings (SSSR count). The summed E-state index contributed by atoms with van der Waals surface area (Å²) in [6, 6.07) is 14.8. The zero-order valence-corrected chi connectivity index (χ0v) is 13.1. The van der Waals surface area contributed by atoms with Crippen LogP contribution in [-0.4, -0.2) is 18.9 Å². The summed E-state index contributed by atoms with van der Waals surface area (Å²) < 4.78 is 10.2. The van der Waals surface area contributed by atoms with Gasteiger partial charge in [-0.05, 0) is 42.3 Å². The van der Waals surface area contributed by atoms with Crippen molar-refractivity contribution < 1.29 is 19.1 Å². The number of ketones is 1. The van der Waals surface area contributed by atoms with E-state index in [0.29, 0.717) is 5.75 Å². The third-order valence-electron chi connectivity index (χ3n) is 3.09. The van der Waals surface area contributed by atoms with Crippen LogP contribution >= 0.6 is 0 Å². The summed E-state index contributed by atoms with van der Waals surface area (Å²) in [7, 11) is 1.63. The molecule has 0 heterocycles. The van der Waals surface area contributed by atoms with Crippen molar-refractivity contribution in [2.24, 2.45) is 0 Å². The van der Waals surface area contributed by atoms with Crippen molar-refractivity contribution in [1.29, 1.82) is 0 Å². The van der Waals surface area contributed by atoms with Crippen LogP contribution < -0.4 is 9.47 Å². The highest BCUT2D eigenvalue weighted by molar-refractivity contribution is 5.94. The van der Waals surface area contributed by atoms with Gasteiger partial charge in [0.05, 0.1) is 7.11 Å². The second-order valence-corrected chi connectivity index (χ2v) is 5.03. The second kappa shape index (κ2) is 7.94. The van der Waals surface area contributed by atoms with E-state index in [1.165, 1.54) is 6.92 Å². The number of Topliss-reactive ketones (excluding diaryl/α,β-unsaturated/α-hetero) is 1. The molecule has 0 unspecified atom stereocenters. The molecule has 0 aliphatic rings. The van der Waals surface area contributed by atoms with Gasteiger partial charge in [-0.2, -0.15) is 0 Å². The molecule has 118 valence electrons. The minimum atomic E-state index is -0.543. The summed E-state index contributed by atoms with van der Waals surface area (Å²) in [4.78, 5) is 22.2. The maximum Gasteiger partial charge on any atom is 0.318 e. The Kier molecular flexibility index (Phi) is 5.69. The van der Waals surface area contributed by atoms with Crippen LogP contribution in [0.2, 0.25) is 0 Å². The van der Waals surface area contributed by atoms with E-state index >= 15 is 0 Å². The second-order valence-electron chi connectivity index (χ2n) is 5.03. The van der Waals surface area contributed by atoms with Crippen molar-refractivity contribution in [2.45, 2.75) is 13.3 Å². The monoisotopic (exact) mass is 310 g/mol. The van der Waals surface area contributed by atoms with Crippen molar-refractivity contribution in [3.8, 4) is 11.5 Å². The number of benzene rings is 2. The quantitative estimate of drug-likeness (QED) is 0.353. The van der Waals surface area contributed by atoms with Crippen molar-refractivity contribution in [3.05, 3.63) is 59.7 Å². The Bertz CT molecular complexity index is 697. The van der Waals surface area contributed by atoms with Gasteiger partial charge in [-0.3, -0.25) is 9.59 Å². The smallest absolute Gasteiger partial charge is 0.318 e. The largest absolute Gasteiger partial charge is 0.497 e. The summed E-state index contributed by atoms with van der Waals surface area (Å²) in [5.41, 5.74) is 2.04. The van der Waals surface area contributed by atoms with Crippen LogP contribution in [0, 0.1) is 0 Å². The standard InChI is InChI=1S/C19H18O4/c1-14(20)13-19(21)23-18-11-7-16(8-12-18)4-3-15-5-9-17(22-2)10-6-15/h3-12H,13H2,1-2H3. The van der Waals surface area contributed by atoms with Crippen LogP contribution in [0.25, 0.3) is 12.2 Å². The fraction of sp³-hybridized carbons (Fsp3) is 0.158. The number of carbonyl (C=O) groups excluding carboxylic acids is 2. The van der Waals surface area contributed by atoms with Gasteiger partial charge in [-0.25, -0.2) is 0 Å². The fourth-order valence-corrected chi connectivity index (χ4v) is 1.93. The summed E-state index contributed by atoms with van der Waals surface area (Å²) in [6.45, 7) is 1.36. The Balaban J connectivity index is 1.97. The molecule has 0 radical (unpaired) electrons. The topological polar surface area (TPSA) is 52.6 Å². The Hall–Kier alpha value is -2.88. The van der Waals surface area contributed by atoms with Crippen LogP contribution in [-0.2, 0) is 9.59 Å². The van der Waals surface area contributed by atoms with E-state index in [-0.39, 0.29) is 12.2 Å². The van der Waals surface area contributed by atoms with Crippen molar-refractivity contribution in [3.63, 3.8) is 0 Å². The van der Waals surface area contributed by atoms with Gasteiger partial charge in [0, 0.05) is 0 Å². The molecule has 2 aromatic carbocycles. The van der Waals surface area contributed by atoms with Crippen LogP contribution in [0.15, 0.2) is 48.5 Å². The predicted molar refractivity (Wildman–Crippen MR) is 89.3 cm³/mol. The molecule has 0 bridgehead atoms. The molecule has 0 N–H and O–H groups in total. The maximum absolute atomic E-state index is 11.4. The molecular weight excluding hydrogens is 292 g/mol. The number of ether oxygens (including phenoxy) is 2. The van der Waals surface area contributed by atoms with Crippen LogP contribution in [0.3, 0.4) is 0 Å². The van der Waals surface area contributed by atoms with E-state index < -0.39 is 5.97 Å². The summed E-state index contributed by atoms with van der Waals surface area (Å²) in [5, 5.41) is 0. The predicted octanol–water partition coefficient (Wildman–Crippen LogP) is 3.75. The maximum atomic E-state index is 11.4. The molecule has 0 aliphatic heterocycles. The highest BCUT2D eigenvalue weighted by atomic mass is 16.5. The molecule has 4 nitrogen and oxygen atoms in total. The van der Waals surface area contributed by atoms with Gasteiger partial charge in [0.1, 0.15) is 23.7 Å². The summed E-state index contributed by atoms with van der Waals surface area (Å²) in [6.07, 6.45) is 3.73. The molecule has 0 spiro atoms. The third kappa shape index (κ3) is 5.43. The lowest BCUT2D eigenvalue weighted by molar-refractivity contribution is -0.137. The Morgan fingerprint density at radius 1 is 0.870 bits per heavy atom. The van der Waals surface area contributed by atoms with E-state index in [1.807, 2.05) is 48.6 Å². The molecule has 0 fully saturated rings. The number of hydrogen-bond acceptors (Lipinski definition) is 4. The first-order valence-electron chi connectivity index (χ1n) is 7.19. The number of methoxy groups -OCH3 is 1. The van der Waals surface area contributed by atoms with Gasteiger partial charge in [0.15, 0.2) is 0 Å². The first-order chi connectivity index (χ1) is 11.1. The van der Waals surface area contributed by atoms with Gasteiger partial charge in [0.25, 0.3) is 0 Å². The molecular formula is C19H18O4. The molecule has 0 amide bonds. The van der Waals surface area contributed by atoms with Crippen LogP contribution in [0.4, 0.5) is 0 Å². The third-order valence-corrected chi connectivity index (χ3v) is 3.09. The molecule has 23 heavy (non-hydrogen) atoms. The lowest BCUT2D eigenvalue weighted by Gasteiger charge is -2.03. The van der Waals surface area contributed by atoms with Crippen molar-refractivity contribution >= 4 is 23.9 Å². The number of rotatable bonds is 6. The Labute approximate surface area is 135 Å². The minimum absolute atomic E-state index is 0.209. The molecule has 0 aromatic heterocycles. The van der Waals surface area contributed by atoms with Gasteiger partial charge in [0.2, 0.25) is 0 Å². The first-order valence-corrected chi connectivity index (χ1v) is 7.19. The zero-order valence-electron chi connectivity index (χ0n) is 13.1. The number of hydrogen-bond donors (Lipinski definition) is 0. The van der Waals surface area contributed by atoms with Crippen molar-refractivity contribution in [1.82, 2.24) is 0 Å². The molecule has 0 atom stereocenters. The van der Waals surface area contributed by atoms with Crippen LogP contribution in [0.5, 0.6) is 11.5 Å². The molecule has 0 saturated heterocycles. The van der Waals surface area contributed by atoms with Gasteiger partial charge in [-0.15, -0.1) is 0 Å². The number of esters is 1. The molecule has 2 aromatic rings. The lowest BCUT2D eigenvalue weighted by Crippen LogP contribution is -2.11.